The van der Waals surface area contributed by atoms with Crippen LogP contribution in [0.5, 0.6) is 0 Å². The van der Waals surface area contributed by atoms with Crippen molar-refractivity contribution in [3.8, 4) is 16.9 Å². The highest BCUT2D eigenvalue weighted by atomic mass is 16.2. The van der Waals surface area contributed by atoms with Gasteiger partial charge in [0.1, 0.15) is 5.69 Å². The van der Waals surface area contributed by atoms with Crippen LogP contribution in [-0.2, 0) is 11.2 Å². The Balaban J connectivity index is 2.07. The van der Waals surface area contributed by atoms with E-state index in [-0.39, 0.29) is 12.5 Å². The number of primary amides is 1. The van der Waals surface area contributed by atoms with Gasteiger partial charge in [-0.3, -0.25) is 9.59 Å². The molecule has 6 heteroatoms. The Hall–Kier alpha value is -3.41. The molecule has 3 rings (SSSR count). The quantitative estimate of drug-likeness (QED) is 0.706. The van der Waals surface area contributed by atoms with Crippen LogP contribution in [0.4, 0.5) is 0 Å². The first kappa shape index (κ1) is 18.4. The minimum absolute atomic E-state index is 0.220. The summed E-state index contributed by atoms with van der Waals surface area (Å²) >= 11 is 0. The molecule has 0 saturated carbocycles. The van der Waals surface area contributed by atoms with Crippen LogP contribution in [-0.4, -0.2) is 28.1 Å². The lowest BCUT2D eigenvalue weighted by atomic mass is 10.0. The van der Waals surface area contributed by atoms with Crippen molar-refractivity contribution in [2.24, 2.45) is 5.73 Å². The summed E-state index contributed by atoms with van der Waals surface area (Å²) in [5, 5.41) is 7.20. The number of aromatic nitrogens is 2. The number of nitrogens with zero attached hydrogens (tertiary/aromatic N) is 2. The highest BCUT2D eigenvalue weighted by molar-refractivity contribution is 6.01. The number of amides is 2. The summed E-state index contributed by atoms with van der Waals surface area (Å²) in [6, 6.07) is 15.7. The highest BCUT2D eigenvalue weighted by Crippen LogP contribution is 2.25. The Labute approximate surface area is 158 Å². The predicted octanol–water partition coefficient (Wildman–Crippen LogP) is 2.63. The van der Waals surface area contributed by atoms with Crippen LogP contribution in [0.3, 0.4) is 0 Å². The molecule has 1 heterocycles. The number of carbonyl (C=O) groups is 2. The molecule has 2 aromatic carbocycles. The SMILES string of the molecule is CCc1ccc(-c2nn(-c3ccccc3C)cc2C(=O)NCC(N)=O)cc1. The minimum Gasteiger partial charge on any atom is -0.368 e. The number of rotatable bonds is 6. The van der Waals surface area contributed by atoms with Crippen LogP contribution in [0.25, 0.3) is 16.9 Å². The van der Waals surface area contributed by atoms with Gasteiger partial charge in [0.15, 0.2) is 0 Å². The third-order valence-electron chi connectivity index (χ3n) is 4.38. The molecule has 0 saturated heterocycles. The van der Waals surface area contributed by atoms with Gasteiger partial charge in [-0.15, -0.1) is 0 Å². The maximum Gasteiger partial charge on any atom is 0.255 e. The molecular weight excluding hydrogens is 340 g/mol. The van der Waals surface area contributed by atoms with Crippen molar-refractivity contribution < 1.29 is 9.59 Å². The first-order valence-corrected chi connectivity index (χ1v) is 8.81. The number of para-hydroxylation sites is 1. The summed E-state index contributed by atoms with van der Waals surface area (Å²) in [6.07, 6.45) is 2.62. The normalized spacial score (nSPS) is 10.6. The molecule has 2 amide bonds. The monoisotopic (exact) mass is 362 g/mol. The van der Waals surface area contributed by atoms with Crippen LogP contribution in [0.2, 0.25) is 0 Å². The van der Waals surface area contributed by atoms with Crippen LogP contribution in [0.1, 0.15) is 28.4 Å². The van der Waals surface area contributed by atoms with Crippen LogP contribution in [0, 0.1) is 6.92 Å². The van der Waals surface area contributed by atoms with E-state index in [2.05, 4.69) is 17.3 Å². The van der Waals surface area contributed by atoms with Crippen molar-refractivity contribution in [3.05, 3.63) is 71.4 Å². The van der Waals surface area contributed by atoms with E-state index in [1.165, 1.54) is 5.56 Å². The number of hydrogen-bond donors (Lipinski definition) is 2. The molecule has 3 aromatic rings. The zero-order valence-corrected chi connectivity index (χ0v) is 15.4. The Bertz CT molecular complexity index is 974. The third-order valence-corrected chi connectivity index (χ3v) is 4.38. The van der Waals surface area contributed by atoms with E-state index in [1.807, 2.05) is 55.5 Å². The molecule has 1 aromatic heterocycles. The van der Waals surface area contributed by atoms with Gasteiger partial charge in [-0.05, 0) is 30.5 Å². The lowest BCUT2D eigenvalue weighted by molar-refractivity contribution is -0.117. The number of nitrogens with one attached hydrogen (secondary N) is 1. The summed E-state index contributed by atoms with van der Waals surface area (Å²) in [5.74, 6) is -0.980. The summed E-state index contributed by atoms with van der Waals surface area (Å²) in [5.41, 5.74) is 10.1. The van der Waals surface area contributed by atoms with Gasteiger partial charge in [0.2, 0.25) is 5.91 Å². The Morgan fingerprint density at radius 2 is 1.81 bits per heavy atom. The molecule has 0 aliphatic heterocycles. The summed E-state index contributed by atoms with van der Waals surface area (Å²) in [7, 11) is 0. The van der Waals surface area contributed by atoms with Crippen LogP contribution < -0.4 is 11.1 Å². The molecule has 0 bridgehead atoms. The van der Waals surface area contributed by atoms with E-state index in [0.717, 1.165) is 23.2 Å². The number of hydrogen-bond acceptors (Lipinski definition) is 3. The van der Waals surface area contributed by atoms with E-state index >= 15 is 0 Å². The first-order valence-electron chi connectivity index (χ1n) is 8.81. The van der Waals surface area contributed by atoms with Crippen molar-refractivity contribution >= 4 is 11.8 Å². The fraction of sp³-hybridized carbons (Fsp3) is 0.190. The molecule has 138 valence electrons. The average Bonchev–Trinajstić information content (AvgIpc) is 3.11. The average molecular weight is 362 g/mol. The fourth-order valence-corrected chi connectivity index (χ4v) is 2.86. The number of benzene rings is 2. The fourth-order valence-electron chi connectivity index (χ4n) is 2.86. The van der Waals surface area contributed by atoms with E-state index in [0.29, 0.717) is 11.3 Å². The lowest BCUT2D eigenvalue weighted by Gasteiger charge is -2.05. The molecule has 0 spiro atoms. The van der Waals surface area contributed by atoms with E-state index in [9.17, 15) is 9.59 Å². The molecule has 0 atom stereocenters. The van der Waals surface area contributed by atoms with Crippen molar-refractivity contribution in [2.45, 2.75) is 20.3 Å². The zero-order valence-electron chi connectivity index (χ0n) is 15.4. The molecule has 0 aliphatic rings. The van der Waals surface area contributed by atoms with E-state index in [1.54, 1.807) is 10.9 Å². The molecule has 0 radical (unpaired) electrons. The van der Waals surface area contributed by atoms with Gasteiger partial charge in [-0.1, -0.05) is 49.4 Å². The number of nitrogens with two attached hydrogens (primary N) is 1. The third kappa shape index (κ3) is 4.06. The van der Waals surface area contributed by atoms with Gasteiger partial charge in [-0.25, -0.2) is 4.68 Å². The molecule has 6 nitrogen and oxygen atoms in total. The van der Waals surface area contributed by atoms with Gasteiger partial charge in [-0.2, -0.15) is 5.10 Å². The molecule has 0 unspecified atom stereocenters. The number of aryl methyl sites for hydroxylation is 2. The zero-order chi connectivity index (χ0) is 19.4. The van der Waals surface area contributed by atoms with Gasteiger partial charge < -0.3 is 11.1 Å². The van der Waals surface area contributed by atoms with E-state index < -0.39 is 5.91 Å². The van der Waals surface area contributed by atoms with Gasteiger partial charge in [0.25, 0.3) is 5.91 Å². The second kappa shape index (κ2) is 7.86. The van der Waals surface area contributed by atoms with Crippen molar-refractivity contribution in [2.75, 3.05) is 6.54 Å². The predicted molar refractivity (Wildman–Crippen MR) is 105 cm³/mol. The van der Waals surface area contributed by atoms with Crippen molar-refractivity contribution in [1.82, 2.24) is 15.1 Å². The Morgan fingerprint density at radius 1 is 1.11 bits per heavy atom. The van der Waals surface area contributed by atoms with Crippen LogP contribution >= 0.6 is 0 Å². The summed E-state index contributed by atoms with van der Waals surface area (Å²) in [6.45, 7) is 3.85. The summed E-state index contributed by atoms with van der Waals surface area (Å²) in [4.78, 5) is 23.6. The topological polar surface area (TPSA) is 90.0 Å². The minimum atomic E-state index is -0.594. The van der Waals surface area contributed by atoms with Gasteiger partial charge in [0.05, 0.1) is 17.8 Å². The Morgan fingerprint density at radius 3 is 2.44 bits per heavy atom. The lowest BCUT2D eigenvalue weighted by Crippen LogP contribution is -2.33. The molecule has 27 heavy (non-hydrogen) atoms. The Kier molecular flexibility index (Phi) is 5.35. The van der Waals surface area contributed by atoms with E-state index in [4.69, 9.17) is 5.73 Å². The number of carbonyl (C=O) groups excluding carboxylic acids is 2. The standard InChI is InChI=1S/C21H22N4O2/c1-3-15-8-10-16(11-9-15)20-17(21(27)23-12-19(22)26)13-25(24-20)18-7-5-4-6-14(18)2/h4-11,13H,3,12H2,1-2H3,(H2,22,26)(H,23,27). The van der Waals surface area contributed by atoms with Gasteiger partial charge in [0, 0.05) is 11.8 Å². The molecule has 3 N–H and O–H groups in total. The maximum atomic E-state index is 12.6. The second-order valence-corrected chi connectivity index (χ2v) is 6.32. The molecule has 0 aliphatic carbocycles. The first-order chi connectivity index (χ1) is 13.0. The second-order valence-electron chi connectivity index (χ2n) is 6.32. The molecule has 0 fully saturated rings. The van der Waals surface area contributed by atoms with Crippen LogP contribution in [0.15, 0.2) is 54.7 Å². The van der Waals surface area contributed by atoms with Gasteiger partial charge >= 0.3 is 0 Å². The van der Waals surface area contributed by atoms with Crippen molar-refractivity contribution in [3.63, 3.8) is 0 Å². The largest absolute Gasteiger partial charge is 0.368 e. The maximum absolute atomic E-state index is 12.6. The molecular formula is C21H22N4O2. The van der Waals surface area contributed by atoms with Crippen molar-refractivity contribution in [1.29, 1.82) is 0 Å². The highest BCUT2D eigenvalue weighted by Gasteiger charge is 2.19. The summed E-state index contributed by atoms with van der Waals surface area (Å²) < 4.78 is 1.69. The smallest absolute Gasteiger partial charge is 0.255 e.